The maximum absolute atomic E-state index is 8.89. The van der Waals surface area contributed by atoms with Gasteiger partial charge in [0.15, 0.2) is 0 Å². The molecule has 0 heterocycles. The van der Waals surface area contributed by atoms with Crippen LogP contribution < -0.4 is 5.11 Å². The van der Waals surface area contributed by atoms with Gasteiger partial charge in [0.2, 0.25) is 0 Å². The molecule has 0 spiro atoms. The van der Waals surface area contributed by atoms with Crippen LogP contribution in [-0.2, 0) is 49.0 Å². The minimum atomic E-state index is -5.17. The van der Waals surface area contributed by atoms with E-state index in [0.717, 1.165) is 6.92 Å². The predicted molar refractivity (Wildman–Crippen MR) is 21.2 cm³/mol. The summed E-state index contributed by atoms with van der Waals surface area (Å²) < 4.78 is 34.1. The van der Waals surface area contributed by atoms with Crippen molar-refractivity contribution in [1.29, 1.82) is 0 Å². The van der Waals surface area contributed by atoms with Gasteiger partial charge in [-0.25, -0.2) is 0 Å². The van der Waals surface area contributed by atoms with Crippen LogP contribution in [0.1, 0.15) is 6.92 Å². The van der Waals surface area contributed by atoms with Gasteiger partial charge in [0.1, 0.15) is 0 Å². The van der Waals surface area contributed by atoms with Gasteiger partial charge in [0.25, 0.3) is 0 Å². The Bertz CT molecular complexity index is 163. The van der Waals surface area contributed by atoms with Crippen molar-refractivity contribution in [2.75, 3.05) is 0 Å². The second-order valence-electron chi connectivity index (χ2n) is 0.900. The molecule has 0 saturated heterocycles. The van der Waals surface area contributed by atoms with Crippen molar-refractivity contribution >= 4 is 16.4 Å². The molecule has 9 heteroatoms. The summed E-state index contributed by atoms with van der Waals surface area (Å²) in [5.41, 5.74) is 0. The summed E-state index contributed by atoms with van der Waals surface area (Å²) in [4.78, 5) is 8.89. The molecule has 0 bridgehead atoms. The molecule has 0 atom stereocenters. The fourth-order valence-corrected chi connectivity index (χ4v) is 0. The Morgan fingerprint density at radius 1 is 1.27 bits per heavy atom. The number of hydrogen-bond donors (Lipinski definition) is 0. The summed E-state index contributed by atoms with van der Waals surface area (Å²) in [6.45, 7) is 0.972. The van der Waals surface area contributed by atoms with Crippen LogP contribution in [0.5, 0.6) is 0 Å². The van der Waals surface area contributed by atoms with Gasteiger partial charge in [-0.2, -0.15) is 0 Å². The van der Waals surface area contributed by atoms with Crippen LogP contribution in [0.3, 0.4) is 0 Å². The first-order valence-corrected chi connectivity index (χ1v) is 2.91. The summed E-state index contributed by atoms with van der Waals surface area (Å²) in [7, 11) is -5.17. The molecule has 0 aromatic heterocycles. The molecule has 0 aliphatic heterocycles. The van der Waals surface area contributed by atoms with E-state index in [1.807, 2.05) is 0 Å². The fourth-order valence-electron chi connectivity index (χ4n) is 0. The SMILES string of the molecule is CC(=O)[O-].O=S(=O)([O-])[O-].[Co+2].[Cu+]. The molecule has 0 aromatic carbocycles. The van der Waals surface area contributed by atoms with E-state index in [1.54, 1.807) is 0 Å². The fraction of sp³-hybridized carbons (Fsp3) is 0.500. The Kier molecular flexibility index (Phi) is 21.2. The normalized spacial score (nSPS) is 7.55. The minimum Gasteiger partial charge on any atom is -0.759 e. The molecule has 0 rings (SSSR count). The summed E-state index contributed by atoms with van der Waals surface area (Å²) >= 11 is 0. The van der Waals surface area contributed by atoms with Gasteiger partial charge in [0, 0.05) is 16.4 Å². The summed E-state index contributed by atoms with van der Waals surface area (Å²) in [6, 6.07) is 0. The van der Waals surface area contributed by atoms with Gasteiger partial charge >= 0.3 is 33.8 Å². The van der Waals surface area contributed by atoms with Crippen molar-refractivity contribution in [3.63, 3.8) is 0 Å². The van der Waals surface area contributed by atoms with Crippen LogP contribution in [0.4, 0.5) is 0 Å². The smallest absolute Gasteiger partial charge is 0.759 e. The van der Waals surface area contributed by atoms with Crippen LogP contribution in [0.25, 0.3) is 0 Å². The monoisotopic (exact) mass is 277 g/mol. The van der Waals surface area contributed by atoms with Crippen molar-refractivity contribution in [3.05, 3.63) is 0 Å². The zero-order chi connectivity index (χ0) is 8.08. The Balaban J connectivity index is -0.0000000383. The van der Waals surface area contributed by atoms with Crippen LogP contribution in [-0.4, -0.2) is 23.5 Å². The van der Waals surface area contributed by atoms with Crippen molar-refractivity contribution < 1.29 is 61.3 Å². The van der Waals surface area contributed by atoms with E-state index in [9.17, 15) is 0 Å². The van der Waals surface area contributed by atoms with Gasteiger partial charge in [-0.1, -0.05) is 0 Å². The zero-order valence-corrected chi connectivity index (χ0v) is 7.79. The molecule has 0 aliphatic carbocycles. The number of hydrogen-bond acceptors (Lipinski definition) is 6. The van der Waals surface area contributed by atoms with Crippen molar-refractivity contribution in [2.24, 2.45) is 0 Å². The quantitative estimate of drug-likeness (QED) is 0.272. The van der Waals surface area contributed by atoms with Gasteiger partial charge in [-0.15, -0.1) is 0 Å². The molecule has 0 aliphatic rings. The maximum Gasteiger partial charge on any atom is 2.00 e. The molecule has 6 nitrogen and oxygen atoms in total. The van der Waals surface area contributed by atoms with Crippen LogP contribution >= 0.6 is 0 Å². The third-order valence-corrected chi connectivity index (χ3v) is 0. The number of carboxylic acid groups (broad SMARTS) is 1. The first-order valence-electron chi connectivity index (χ1n) is 1.57. The first-order chi connectivity index (χ1) is 3.73. The third kappa shape index (κ3) is 5420. The third-order valence-electron chi connectivity index (χ3n) is 0. The molecule has 0 unspecified atom stereocenters. The molecule has 0 N–H and O–H groups in total. The molecule has 0 saturated carbocycles. The van der Waals surface area contributed by atoms with Crippen molar-refractivity contribution in [1.82, 2.24) is 0 Å². The van der Waals surface area contributed by atoms with E-state index in [4.69, 9.17) is 27.4 Å². The van der Waals surface area contributed by atoms with Gasteiger partial charge < -0.3 is 19.0 Å². The Hall–Kier alpha value is 0.366. The van der Waals surface area contributed by atoms with Gasteiger partial charge in [-0.05, 0) is 6.92 Å². The zero-order valence-electron chi connectivity index (χ0n) is 4.99. The topological polar surface area (TPSA) is 120 Å². The predicted octanol–water partition coefficient (Wildman–Crippen LogP) is -2.59. The number of carbonyl (C=O) groups is 1. The summed E-state index contributed by atoms with van der Waals surface area (Å²) in [6.07, 6.45) is 0. The maximum atomic E-state index is 8.89. The Morgan fingerprint density at radius 3 is 1.27 bits per heavy atom. The van der Waals surface area contributed by atoms with E-state index >= 15 is 0 Å². The summed E-state index contributed by atoms with van der Waals surface area (Å²) in [5, 5.41) is 8.89. The van der Waals surface area contributed by atoms with Crippen molar-refractivity contribution in [3.8, 4) is 0 Å². The molecular formula is C2H3CoCuO6S. The average molecular weight is 278 g/mol. The number of aliphatic carboxylic acids is 1. The molecule has 73 valence electrons. The van der Waals surface area contributed by atoms with Gasteiger partial charge in [-0.3, -0.25) is 8.42 Å². The molecule has 11 heavy (non-hydrogen) atoms. The molecule has 0 aromatic rings. The van der Waals surface area contributed by atoms with E-state index in [1.165, 1.54) is 0 Å². The second kappa shape index (κ2) is 10.4. The molecule has 1 radical (unpaired) electrons. The summed E-state index contributed by atoms with van der Waals surface area (Å²) in [5.74, 6) is -1.08. The molecular weight excluding hydrogens is 275 g/mol. The van der Waals surface area contributed by atoms with Crippen molar-refractivity contribution in [2.45, 2.75) is 6.92 Å². The van der Waals surface area contributed by atoms with E-state index in [0.29, 0.717) is 0 Å². The molecule has 0 amide bonds. The standard InChI is InChI=1S/C2H4O2.Co.Cu.H2O4S/c1-2(3)4;;;1-5(2,3)4/h1H3,(H,3,4);;;(H2,1,2,3,4)/q;+2;+1;/p-3. The van der Waals surface area contributed by atoms with Crippen LogP contribution in [0, 0.1) is 0 Å². The average Bonchev–Trinajstić information content (AvgIpc) is 1.19. The van der Waals surface area contributed by atoms with E-state index in [-0.39, 0.29) is 33.8 Å². The van der Waals surface area contributed by atoms with E-state index < -0.39 is 16.4 Å². The van der Waals surface area contributed by atoms with Crippen LogP contribution in [0.15, 0.2) is 0 Å². The molecule has 0 fully saturated rings. The Morgan fingerprint density at radius 2 is 1.27 bits per heavy atom. The largest absolute Gasteiger partial charge is 2.00 e. The number of rotatable bonds is 0. The minimum absolute atomic E-state index is 0. The number of carbonyl (C=O) groups excluding carboxylic acids is 1. The number of carboxylic acids is 1. The van der Waals surface area contributed by atoms with Gasteiger partial charge in [0.05, 0.1) is 0 Å². The second-order valence-corrected chi connectivity index (χ2v) is 1.72. The van der Waals surface area contributed by atoms with Crippen LogP contribution in [0.2, 0.25) is 0 Å². The van der Waals surface area contributed by atoms with E-state index in [2.05, 4.69) is 0 Å². The Labute approximate surface area is 84.6 Å². The first kappa shape index (κ1) is 22.5.